The number of thioether (sulfide) groups is 1. The van der Waals surface area contributed by atoms with E-state index >= 15 is 0 Å². The SMILES string of the molecule is Cl.Cl.c1ccc2c(c1)CN=C(SCCN1C[C@@H]3C[C@H]1CO3)N2. The van der Waals surface area contributed by atoms with Gasteiger partial charge in [0.05, 0.1) is 19.3 Å². The lowest BCUT2D eigenvalue weighted by molar-refractivity contribution is 0.0334. The number of hydrogen-bond acceptors (Lipinski definition) is 5. The molecule has 0 aromatic heterocycles. The van der Waals surface area contributed by atoms with Crippen molar-refractivity contribution in [2.75, 3.05) is 30.8 Å². The second-order valence-corrected chi connectivity index (χ2v) is 6.68. The first-order valence-electron chi connectivity index (χ1n) is 7.26. The molecule has 1 aromatic rings. The van der Waals surface area contributed by atoms with Crippen LogP contribution < -0.4 is 5.32 Å². The molecule has 0 amide bonds. The quantitative estimate of drug-likeness (QED) is 0.897. The zero-order chi connectivity index (χ0) is 13.4. The molecule has 1 aromatic carbocycles. The van der Waals surface area contributed by atoms with E-state index in [9.17, 15) is 0 Å². The molecule has 2 saturated heterocycles. The summed E-state index contributed by atoms with van der Waals surface area (Å²) in [6.45, 7) is 3.99. The molecule has 0 unspecified atom stereocenters. The lowest BCUT2D eigenvalue weighted by atomic mass is 10.1. The van der Waals surface area contributed by atoms with E-state index in [4.69, 9.17) is 4.74 Å². The highest BCUT2D eigenvalue weighted by Crippen LogP contribution is 2.28. The normalized spacial score (nSPS) is 25.5. The largest absolute Gasteiger partial charge is 0.375 e. The van der Waals surface area contributed by atoms with E-state index in [1.54, 1.807) is 0 Å². The van der Waals surface area contributed by atoms with Crippen LogP contribution in [0, 0.1) is 0 Å². The number of hydrogen-bond donors (Lipinski definition) is 1. The third kappa shape index (κ3) is 3.71. The van der Waals surface area contributed by atoms with Crippen molar-refractivity contribution in [3.05, 3.63) is 29.8 Å². The number of halogens is 2. The fourth-order valence-electron chi connectivity index (χ4n) is 3.19. The summed E-state index contributed by atoms with van der Waals surface area (Å²) in [5.74, 6) is 1.09. The maximum atomic E-state index is 5.63. The fourth-order valence-corrected chi connectivity index (χ4v) is 4.04. The number of morpholine rings is 1. The molecule has 0 aliphatic carbocycles. The average Bonchev–Trinajstić information content (AvgIpc) is 3.10. The summed E-state index contributed by atoms with van der Waals surface area (Å²) < 4.78 is 5.63. The summed E-state index contributed by atoms with van der Waals surface area (Å²) in [5, 5.41) is 4.49. The number of benzene rings is 1. The molecule has 2 fully saturated rings. The van der Waals surface area contributed by atoms with Gasteiger partial charge in [-0.15, -0.1) is 24.8 Å². The molecule has 3 aliphatic heterocycles. The highest BCUT2D eigenvalue weighted by atomic mass is 35.5. The Labute approximate surface area is 147 Å². The topological polar surface area (TPSA) is 36.9 Å². The van der Waals surface area contributed by atoms with Gasteiger partial charge >= 0.3 is 0 Å². The van der Waals surface area contributed by atoms with Crippen LogP contribution in [-0.4, -0.2) is 47.7 Å². The number of anilines is 1. The molecule has 122 valence electrons. The molecule has 1 N–H and O–H groups in total. The molecule has 3 heterocycles. The molecule has 0 radical (unpaired) electrons. The summed E-state index contributed by atoms with van der Waals surface area (Å²) in [5.41, 5.74) is 2.49. The summed E-state index contributed by atoms with van der Waals surface area (Å²) in [7, 11) is 0. The minimum atomic E-state index is 0. The van der Waals surface area contributed by atoms with E-state index in [2.05, 4.69) is 39.5 Å². The van der Waals surface area contributed by atoms with E-state index in [1.165, 1.54) is 17.7 Å². The number of likely N-dealkylation sites (tertiary alicyclic amines) is 1. The zero-order valence-electron chi connectivity index (χ0n) is 12.2. The van der Waals surface area contributed by atoms with Crippen molar-refractivity contribution < 1.29 is 4.74 Å². The van der Waals surface area contributed by atoms with Crippen LogP contribution in [0.5, 0.6) is 0 Å². The summed E-state index contributed by atoms with van der Waals surface area (Å²) >= 11 is 1.83. The van der Waals surface area contributed by atoms with Crippen LogP contribution in [0.1, 0.15) is 12.0 Å². The number of nitrogens with one attached hydrogen (secondary N) is 1. The molecule has 4 nitrogen and oxygen atoms in total. The van der Waals surface area contributed by atoms with Gasteiger partial charge < -0.3 is 10.1 Å². The summed E-state index contributed by atoms with van der Waals surface area (Å²) in [6.07, 6.45) is 1.74. The Balaban J connectivity index is 0.000000882. The maximum Gasteiger partial charge on any atom is 0.161 e. The number of fused-ring (bicyclic) bond motifs is 3. The van der Waals surface area contributed by atoms with Crippen LogP contribution >= 0.6 is 36.6 Å². The van der Waals surface area contributed by atoms with Gasteiger partial charge in [0.25, 0.3) is 0 Å². The average molecular weight is 362 g/mol. The predicted octanol–water partition coefficient (Wildman–Crippen LogP) is 3.02. The highest BCUT2D eigenvalue weighted by molar-refractivity contribution is 8.14. The first-order chi connectivity index (χ1) is 9.88. The predicted molar refractivity (Wildman–Crippen MR) is 97.9 cm³/mol. The second-order valence-electron chi connectivity index (χ2n) is 5.59. The number of aliphatic imine (C=N–C) groups is 1. The Morgan fingerprint density at radius 1 is 1.32 bits per heavy atom. The Morgan fingerprint density at radius 3 is 2.95 bits per heavy atom. The summed E-state index contributed by atoms with van der Waals surface area (Å²) in [6, 6.07) is 9.07. The number of amidine groups is 1. The van der Waals surface area contributed by atoms with Crippen LogP contribution in [0.2, 0.25) is 0 Å². The molecule has 3 aliphatic rings. The van der Waals surface area contributed by atoms with E-state index in [1.807, 2.05) is 11.8 Å². The van der Waals surface area contributed by atoms with Crippen molar-refractivity contribution in [3.63, 3.8) is 0 Å². The van der Waals surface area contributed by atoms with Gasteiger partial charge in [-0.05, 0) is 18.1 Å². The van der Waals surface area contributed by atoms with Gasteiger partial charge in [-0.2, -0.15) is 0 Å². The Bertz CT molecular complexity index is 543. The molecule has 4 rings (SSSR count). The van der Waals surface area contributed by atoms with Gasteiger partial charge in [0.1, 0.15) is 0 Å². The highest BCUT2D eigenvalue weighted by Gasteiger charge is 2.38. The summed E-state index contributed by atoms with van der Waals surface area (Å²) in [4.78, 5) is 7.18. The number of rotatable bonds is 3. The molecule has 22 heavy (non-hydrogen) atoms. The zero-order valence-corrected chi connectivity index (χ0v) is 14.7. The molecule has 0 saturated carbocycles. The van der Waals surface area contributed by atoms with Crippen molar-refractivity contribution >= 4 is 47.4 Å². The third-order valence-corrected chi connectivity index (χ3v) is 5.17. The number of nitrogens with zero attached hydrogens (tertiary/aromatic N) is 2. The smallest absolute Gasteiger partial charge is 0.161 e. The van der Waals surface area contributed by atoms with E-state index in [-0.39, 0.29) is 24.8 Å². The van der Waals surface area contributed by atoms with Gasteiger partial charge in [0, 0.05) is 30.6 Å². The van der Waals surface area contributed by atoms with Gasteiger partial charge in [-0.25, -0.2) is 0 Å². The lowest BCUT2D eigenvalue weighted by Gasteiger charge is -2.26. The van der Waals surface area contributed by atoms with Crippen molar-refractivity contribution in [1.82, 2.24) is 4.90 Å². The standard InChI is InChI=1S/C15H19N3OS.2ClH/c1-2-4-14-11(3-1)8-16-15(17-14)20-6-5-18-9-13-7-12(18)10-19-13;;/h1-4,12-13H,5-10H2,(H,16,17);2*1H/t12-,13-;;/m0../s1. The van der Waals surface area contributed by atoms with Crippen LogP contribution in [0.25, 0.3) is 0 Å². The first-order valence-corrected chi connectivity index (χ1v) is 8.25. The molecular weight excluding hydrogens is 341 g/mol. The molecule has 0 spiro atoms. The maximum absolute atomic E-state index is 5.63. The molecular formula is C15H21Cl2N3OS. The number of ether oxygens (including phenoxy) is 1. The monoisotopic (exact) mass is 361 g/mol. The minimum Gasteiger partial charge on any atom is -0.375 e. The number of para-hydroxylation sites is 1. The fraction of sp³-hybridized carbons (Fsp3) is 0.533. The second kappa shape index (κ2) is 7.88. The van der Waals surface area contributed by atoms with E-state index in [0.29, 0.717) is 12.1 Å². The lowest BCUT2D eigenvalue weighted by Crippen LogP contribution is -2.38. The van der Waals surface area contributed by atoms with Crippen LogP contribution in [0.15, 0.2) is 29.3 Å². The van der Waals surface area contributed by atoms with Gasteiger partial charge in [-0.3, -0.25) is 9.89 Å². The van der Waals surface area contributed by atoms with Crippen LogP contribution in [0.3, 0.4) is 0 Å². The van der Waals surface area contributed by atoms with E-state index in [0.717, 1.165) is 37.2 Å². The molecule has 2 bridgehead atoms. The first kappa shape index (κ1) is 17.9. The third-order valence-electron chi connectivity index (χ3n) is 4.28. The van der Waals surface area contributed by atoms with Crippen molar-refractivity contribution in [2.45, 2.75) is 25.1 Å². The Hall–Kier alpha value is -0.460. The van der Waals surface area contributed by atoms with Crippen molar-refractivity contribution in [3.8, 4) is 0 Å². The molecule has 2 atom stereocenters. The van der Waals surface area contributed by atoms with Crippen molar-refractivity contribution in [1.29, 1.82) is 0 Å². The van der Waals surface area contributed by atoms with Gasteiger partial charge in [0.2, 0.25) is 0 Å². The van der Waals surface area contributed by atoms with Crippen molar-refractivity contribution in [2.24, 2.45) is 4.99 Å². The van der Waals surface area contributed by atoms with Gasteiger partial charge in [-0.1, -0.05) is 30.0 Å². The Kier molecular flexibility index (Phi) is 6.41. The van der Waals surface area contributed by atoms with Crippen LogP contribution in [-0.2, 0) is 11.3 Å². The minimum absolute atomic E-state index is 0. The van der Waals surface area contributed by atoms with E-state index < -0.39 is 0 Å². The van der Waals surface area contributed by atoms with Crippen LogP contribution in [0.4, 0.5) is 5.69 Å². The molecule has 7 heteroatoms. The van der Waals surface area contributed by atoms with Gasteiger partial charge in [0.15, 0.2) is 5.17 Å². The Morgan fingerprint density at radius 2 is 2.18 bits per heavy atom.